The highest BCUT2D eigenvalue weighted by molar-refractivity contribution is 7.92. The number of amides is 1. The van der Waals surface area contributed by atoms with Crippen LogP contribution in [-0.4, -0.2) is 25.7 Å². The van der Waals surface area contributed by atoms with E-state index in [2.05, 4.69) is 10.0 Å². The first kappa shape index (κ1) is 20.5. The van der Waals surface area contributed by atoms with Gasteiger partial charge in [-0.2, -0.15) is 4.57 Å². The Labute approximate surface area is 163 Å². The average Bonchev–Trinajstić information content (AvgIpc) is 2.57. The molecule has 0 atom stereocenters. The minimum Gasteiger partial charge on any atom is -1.00 e. The first-order valence-electron chi connectivity index (χ1n) is 7.80. The van der Waals surface area contributed by atoms with Crippen molar-refractivity contribution in [2.75, 3.05) is 16.3 Å². The molecule has 1 aromatic heterocycles. The van der Waals surface area contributed by atoms with E-state index in [1.54, 1.807) is 47.3 Å². The number of anilines is 2. The van der Waals surface area contributed by atoms with Gasteiger partial charge in [0.25, 0.3) is 5.91 Å². The van der Waals surface area contributed by atoms with Gasteiger partial charge in [-0.05, 0) is 17.5 Å². The summed E-state index contributed by atoms with van der Waals surface area (Å²) >= 11 is 0. The van der Waals surface area contributed by atoms with Gasteiger partial charge in [-0.3, -0.25) is 9.52 Å². The van der Waals surface area contributed by atoms with Gasteiger partial charge in [0, 0.05) is 17.5 Å². The maximum atomic E-state index is 12.2. The molecule has 142 valence electrons. The van der Waals surface area contributed by atoms with E-state index in [1.807, 2.05) is 18.2 Å². The molecule has 3 rings (SSSR count). The predicted octanol–water partition coefficient (Wildman–Crippen LogP) is -1.15. The van der Waals surface area contributed by atoms with Gasteiger partial charge in [0.1, 0.15) is 5.75 Å². The number of nitrogens with one attached hydrogen (secondary N) is 2. The van der Waals surface area contributed by atoms with E-state index >= 15 is 0 Å². The summed E-state index contributed by atoms with van der Waals surface area (Å²) in [4.78, 5) is 12.2. The number of carbonyl (C=O) groups is 1. The second-order valence-corrected chi connectivity index (χ2v) is 7.58. The summed E-state index contributed by atoms with van der Waals surface area (Å²) in [6.45, 7) is 0.0849. The molecule has 9 heteroatoms. The van der Waals surface area contributed by atoms with E-state index in [0.29, 0.717) is 10.8 Å². The van der Waals surface area contributed by atoms with Gasteiger partial charge >= 0.3 is 0 Å². The fraction of sp³-hybridized carbons (Fsp3) is 0.111. The number of sulfonamides is 1. The van der Waals surface area contributed by atoms with Gasteiger partial charge in [0.05, 0.1) is 17.6 Å². The van der Waals surface area contributed by atoms with Gasteiger partial charge in [-0.15, -0.1) is 0 Å². The first-order chi connectivity index (χ1) is 12.3. The molecule has 0 spiro atoms. The molecule has 3 N–H and O–H groups in total. The quantitative estimate of drug-likeness (QED) is 0.367. The highest BCUT2D eigenvalue weighted by atomic mass is 35.5. The summed E-state index contributed by atoms with van der Waals surface area (Å²) in [5.74, 6) is -0.509. The van der Waals surface area contributed by atoms with E-state index in [-0.39, 0.29) is 42.0 Å². The van der Waals surface area contributed by atoms with E-state index < -0.39 is 10.0 Å². The number of aromatic hydroxyl groups is 1. The lowest BCUT2D eigenvalue weighted by molar-refractivity contribution is -0.684. The van der Waals surface area contributed by atoms with Gasteiger partial charge in [-0.25, -0.2) is 8.42 Å². The summed E-state index contributed by atoms with van der Waals surface area (Å²) < 4.78 is 27.2. The monoisotopic (exact) mass is 407 g/mol. The molecular formula is C18H18ClN3O4S. The van der Waals surface area contributed by atoms with E-state index in [4.69, 9.17) is 0 Å². The number of halogens is 1. The van der Waals surface area contributed by atoms with Gasteiger partial charge in [0.2, 0.25) is 16.6 Å². The zero-order valence-corrected chi connectivity index (χ0v) is 16.0. The highest BCUT2D eigenvalue weighted by Gasteiger charge is 2.16. The van der Waals surface area contributed by atoms with Crippen molar-refractivity contribution >= 4 is 38.1 Å². The molecule has 0 saturated heterocycles. The smallest absolute Gasteiger partial charge is 0.290 e. The first-order valence-corrected chi connectivity index (χ1v) is 9.69. The Balaban J connectivity index is 0.00000261. The van der Waals surface area contributed by atoms with Crippen molar-refractivity contribution < 1.29 is 35.3 Å². The van der Waals surface area contributed by atoms with E-state index in [9.17, 15) is 18.3 Å². The molecule has 1 amide bonds. The molecule has 0 unspecified atom stereocenters. The zero-order chi connectivity index (χ0) is 18.7. The summed E-state index contributed by atoms with van der Waals surface area (Å²) in [5, 5.41) is 14.2. The Hall–Kier alpha value is -2.84. The number of hydrogen-bond donors (Lipinski definition) is 3. The third kappa shape index (κ3) is 5.08. The average molecular weight is 408 g/mol. The van der Waals surface area contributed by atoms with Crippen molar-refractivity contribution in [2.45, 2.75) is 6.54 Å². The minimum atomic E-state index is -3.51. The lowest BCUT2D eigenvalue weighted by atomic mass is 10.1. The molecule has 0 bridgehead atoms. The van der Waals surface area contributed by atoms with Crippen LogP contribution >= 0.6 is 0 Å². The van der Waals surface area contributed by atoms with Crippen molar-refractivity contribution in [3.05, 3.63) is 60.9 Å². The Morgan fingerprint density at radius 1 is 1.04 bits per heavy atom. The van der Waals surface area contributed by atoms with Crippen molar-refractivity contribution in [1.82, 2.24) is 0 Å². The van der Waals surface area contributed by atoms with Crippen LogP contribution in [0, 0.1) is 0 Å². The Kier molecular flexibility index (Phi) is 6.24. The third-order valence-corrected chi connectivity index (χ3v) is 4.28. The van der Waals surface area contributed by atoms with Crippen LogP contribution in [0.5, 0.6) is 5.75 Å². The molecule has 0 saturated carbocycles. The zero-order valence-electron chi connectivity index (χ0n) is 14.4. The van der Waals surface area contributed by atoms with Crippen LogP contribution in [0.2, 0.25) is 0 Å². The summed E-state index contributed by atoms with van der Waals surface area (Å²) in [6, 6.07) is 13.7. The molecule has 0 aliphatic rings. The maximum absolute atomic E-state index is 12.2. The number of benzene rings is 2. The maximum Gasteiger partial charge on any atom is 0.290 e. The predicted molar refractivity (Wildman–Crippen MR) is 99.3 cm³/mol. The van der Waals surface area contributed by atoms with Gasteiger partial charge in [-0.1, -0.05) is 24.3 Å². The summed E-state index contributed by atoms with van der Waals surface area (Å²) in [7, 11) is -3.51. The number of pyridine rings is 1. The largest absolute Gasteiger partial charge is 1.00 e. The Morgan fingerprint density at radius 2 is 1.74 bits per heavy atom. The minimum absolute atomic E-state index is 0. The van der Waals surface area contributed by atoms with Crippen LogP contribution in [0.1, 0.15) is 0 Å². The van der Waals surface area contributed by atoms with Crippen molar-refractivity contribution in [3.63, 3.8) is 0 Å². The number of phenols is 1. The van der Waals surface area contributed by atoms with Crippen LogP contribution in [-0.2, 0) is 21.4 Å². The second kappa shape index (κ2) is 8.24. The fourth-order valence-corrected chi connectivity index (χ4v) is 3.21. The number of hydrogen-bond acceptors (Lipinski definition) is 4. The lowest BCUT2D eigenvalue weighted by Gasteiger charge is -2.13. The Bertz CT molecular complexity index is 1070. The molecule has 0 aliphatic carbocycles. The van der Waals surface area contributed by atoms with Crippen LogP contribution in [0.25, 0.3) is 10.8 Å². The number of fused-ring (bicyclic) bond motifs is 1. The number of rotatable bonds is 5. The summed E-state index contributed by atoms with van der Waals surface area (Å²) in [6.07, 6.45) is 4.55. The third-order valence-electron chi connectivity index (χ3n) is 3.69. The van der Waals surface area contributed by atoms with Crippen molar-refractivity contribution in [3.8, 4) is 5.75 Å². The Morgan fingerprint density at radius 3 is 2.41 bits per heavy atom. The summed E-state index contributed by atoms with van der Waals surface area (Å²) in [5.41, 5.74) is 0.456. The second-order valence-electron chi connectivity index (χ2n) is 5.84. The molecule has 1 heterocycles. The molecule has 7 nitrogen and oxygen atoms in total. The SMILES string of the molecule is CS(=O)(=O)Nc1cccc2ccc(NC(=O)C[n+]3ccccc3)c(O)c12.[Cl-]. The number of phenolic OH excluding ortho intramolecular Hbond substituents is 1. The van der Waals surface area contributed by atoms with Gasteiger partial charge < -0.3 is 22.8 Å². The fourth-order valence-electron chi connectivity index (χ4n) is 2.64. The molecule has 0 aliphatic heterocycles. The standard InChI is InChI=1S/C18H17N3O4S.ClH/c1-26(24,25)20-14-7-5-6-13-8-9-15(18(23)17(13)14)19-16(22)12-21-10-3-2-4-11-21;/h2-11,20H,12H2,1H3,(H-,19,22,23);1H. The number of nitrogens with zero attached hydrogens (tertiary/aromatic N) is 1. The van der Waals surface area contributed by atoms with Crippen molar-refractivity contribution in [2.24, 2.45) is 0 Å². The van der Waals surface area contributed by atoms with Crippen LogP contribution in [0.15, 0.2) is 60.9 Å². The normalized spacial score (nSPS) is 10.9. The van der Waals surface area contributed by atoms with Crippen LogP contribution in [0.4, 0.5) is 11.4 Å². The number of aromatic nitrogens is 1. The lowest BCUT2D eigenvalue weighted by Crippen LogP contribution is -3.00. The molecular weight excluding hydrogens is 390 g/mol. The van der Waals surface area contributed by atoms with Crippen LogP contribution in [0.3, 0.4) is 0 Å². The van der Waals surface area contributed by atoms with Gasteiger partial charge in [0.15, 0.2) is 12.4 Å². The number of carbonyl (C=O) groups excluding carboxylic acids is 1. The molecule has 3 aromatic rings. The topological polar surface area (TPSA) is 99.4 Å². The molecule has 27 heavy (non-hydrogen) atoms. The molecule has 2 aromatic carbocycles. The van der Waals surface area contributed by atoms with E-state index in [0.717, 1.165) is 6.26 Å². The molecule has 0 radical (unpaired) electrons. The van der Waals surface area contributed by atoms with E-state index in [1.165, 1.54) is 0 Å². The van der Waals surface area contributed by atoms with Crippen molar-refractivity contribution in [1.29, 1.82) is 0 Å². The molecule has 0 fully saturated rings. The van der Waals surface area contributed by atoms with Crippen LogP contribution < -0.4 is 27.0 Å². The highest BCUT2D eigenvalue weighted by Crippen LogP contribution is 2.37.